The molecule has 0 aliphatic carbocycles. The van der Waals surface area contributed by atoms with Crippen LogP contribution in [0.4, 0.5) is 4.79 Å². The number of hydrogen-bond acceptors (Lipinski definition) is 6. The van der Waals surface area contributed by atoms with Gasteiger partial charge in [-0.15, -0.1) is 11.3 Å². The number of thiazole rings is 1. The van der Waals surface area contributed by atoms with Crippen LogP contribution in [0.5, 0.6) is 0 Å². The molecular formula is C22H27N5O3S. The third kappa shape index (κ3) is 4.56. The summed E-state index contributed by atoms with van der Waals surface area (Å²) >= 11 is 1.44. The Labute approximate surface area is 185 Å². The summed E-state index contributed by atoms with van der Waals surface area (Å²) in [6, 6.07) is 5.87. The summed E-state index contributed by atoms with van der Waals surface area (Å²) in [6.45, 7) is 6.72. The van der Waals surface area contributed by atoms with Gasteiger partial charge < -0.3 is 14.5 Å². The lowest BCUT2D eigenvalue weighted by molar-refractivity contribution is 0.0159. The van der Waals surface area contributed by atoms with Crippen LogP contribution in [0.15, 0.2) is 36.0 Å². The van der Waals surface area contributed by atoms with Crippen LogP contribution < -0.4 is 0 Å². The Morgan fingerprint density at radius 1 is 1.23 bits per heavy atom. The van der Waals surface area contributed by atoms with Gasteiger partial charge in [-0.2, -0.15) is 0 Å². The molecule has 3 aromatic heterocycles. The van der Waals surface area contributed by atoms with E-state index in [0.29, 0.717) is 31.6 Å². The van der Waals surface area contributed by atoms with Gasteiger partial charge in [-0.05, 0) is 45.7 Å². The molecule has 1 aliphatic heterocycles. The molecule has 0 saturated carbocycles. The molecule has 0 spiro atoms. The minimum Gasteiger partial charge on any atom is -0.444 e. The first-order valence-electron chi connectivity index (χ1n) is 10.4. The number of fused-ring (bicyclic) bond motifs is 1. The van der Waals surface area contributed by atoms with Gasteiger partial charge in [0.2, 0.25) is 0 Å². The summed E-state index contributed by atoms with van der Waals surface area (Å²) in [5.74, 6) is -0.105. The second-order valence-corrected chi connectivity index (χ2v) is 9.58. The number of piperidine rings is 1. The van der Waals surface area contributed by atoms with E-state index in [9.17, 15) is 9.59 Å². The molecule has 0 atom stereocenters. The Morgan fingerprint density at radius 2 is 1.97 bits per heavy atom. The Kier molecular flexibility index (Phi) is 5.70. The molecule has 2 amide bonds. The molecule has 0 aromatic carbocycles. The van der Waals surface area contributed by atoms with Crippen LogP contribution in [0.25, 0.3) is 16.3 Å². The molecule has 1 saturated heterocycles. The Hall–Kier alpha value is -2.94. The highest BCUT2D eigenvalue weighted by atomic mass is 32.1. The zero-order valence-electron chi connectivity index (χ0n) is 18.2. The number of hydrogen-bond donors (Lipinski definition) is 0. The third-order valence-electron chi connectivity index (χ3n) is 5.34. The number of amides is 2. The molecule has 0 radical (unpaired) electrons. The maximum Gasteiger partial charge on any atom is 0.410 e. The number of pyridine rings is 1. The van der Waals surface area contributed by atoms with Crippen molar-refractivity contribution in [2.75, 3.05) is 20.1 Å². The molecular weight excluding hydrogens is 414 g/mol. The molecule has 31 heavy (non-hydrogen) atoms. The van der Waals surface area contributed by atoms with Crippen molar-refractivity contribution in [3.8, 4) is 10.7 Å². The zero-order valence-corrected chi connectivity index (χ0v) is 19.1. The van der Waals surface area contributed by atoms with Crippen LogP contribution >= 0.6 is 11.3 Å². The van der Waals surface area contributed by atoms with E-state index in [2.05, 4.69) is 9.97 Å². The van der Waals surface area contributed by atoms with Gasteiger partial charge in [0.05, 0.1) is 6.20 Å². The first kappa shape index (κ1) is 21.3. The fourth-order valence-electron chi connectivity index (χ4n) is 3.69. The fraction of sp³-hybridized carbons (Fsp3) is 0.455. The van der Waals surface area contributed by atoms with E-state index in [1.165, 1.54) is 11.3 Å². The van der Waals surface area contributed by atoms with Crippen LogP contribution in [0, 0.1) is 0 Å². The Morgan fingerprint density at radius 3 is 2.68 bits per heavy atom. The quantitative estimate of drug-likeness (QED) is 0.615. The second-order valence-electron chi connectivity index (χ2n) is 8.72. The number of likely N-dealkylation sites (tertiary alicyclic amines) is 1. The Bertz CT molecular complexity index is 1090. The number of carbonyl (C=O) groups is 2. The van der Waals surface area contributed by atoms with Crippen molar-refractivity contribution >= 4 is 29.0 Å². The van der Waals surface area contributed by atoms with Crippen molar-refractivity contribution in [1.29, 1.82) is 0 Å². The second kappa shape index (κ2) is 8.30. The Balaban J connectivity index is 1.40. The van der Waals surface area contributed by atoms with Gasteiger partial charge in [0.1, 0.15) is 27.6 Å². The summed E-state index contributed by atoms with van der Waals surface area (Å²) < 4.78 is 7.41. The minimum absolute atomic E-state index is 0.0622. The average molecular weight is 442 g/mol. The highest BCUT2D eigenvalue weighted by molar-refractivity contribution is 7.13. The highest BCUT2D eigenvalue weighted by Crippen LogP contribution is 2.26. The number of aromatic nitrogens is 3. The molecule has 9 heteroatoms. The molecule has 4 heterocycles. The summed E-state index contributed by atoms with van der Waals surface area (Å²) in [4.78, 5) is 37.7. The monoisotopic (exact) mass is 441 g/mol. The molecule has 0 bridgehead atoms. The molecule has 1 fully saturated rings. The van der Waals surface area contributed by atoms with Crippen molar-refractivity contribution in [2.24, 2.45) is 0 Å². The topological polar surface area (TPSA) is 80.0 Å². The first-order chi connectivity index (χ1) is 14.7. The van der Waals surface area contributed by atoms with Gasteiger partial charge in [0, 0.05) is 37.8 Å². The summed E-state index contributed by atoms with van der Waals surface area (Å²) in [6.07, 6.45) is 4.85. The smallest absolute Gasteiger partial charge is 0.410 e. The first-order valence-corrected chi connectivity index (χ1v) is 11.2. The minimum atomic E-state index is -0.510. The average Bonchev–Trinajstić information content (AvgIpc) is 3.38. The lowest BCUT2D eigenvalue weighted by Gasteiger charge is -2.37. The van der Waals surface area contributed by atoms with Crippen LogP contribution in [0.3, 0.4) is 0 Å². The molecule has 3 aromatic rings. The van der Waals surface area contributed by atoms with E-state index >= 15 is 0 Å². The predicted molar refractivity (Wildman–Crippen MR) is 119 cm³/mol. The SMILES string of the molecule is CN(C(=O)c1csc(-c2cnc3ccccn23)n1)C1CCN(C(=O)OC(C)(C)C)CC1. The standard InChI is InChI=1S/C22H27N5O3S/c1-22(2,3)30-21(29)26-11-8-15(9-12-26)25(4)20(28)16-14-31-19(24-16)17-13-23-18-7-5-6-10-27(17)18/h5-7,10,13-15H,8-9,11-12H2,1-4H3. The van der Waals surface area contributed by atoms with Crippen molar-refractivity contribution < 1.29 is 14.3 Å². The lowest BCUT2D eigenvalue weighted by Crippen LogP contribution is -2.48. The maximum atomic E-state index is 13.0. The number of imidazole rings is 1. The van der Waals surface area contributed by atoms with Crippen molar-refractivity contribution in [3.63, 3.8) is 0 Å². The van der Waals surface area contributed by atoms with E-state index in [-0.39, 0.29) is 18.0 Å². The van der Waals surface area contributed by atoms with E-state index in [0.717, 1.165) is 16.3 Å². The van der Waals surface area contributed by atoms with Gasteiger partial charge in [0.25, 0.3) is 5.91 Å². The summed E-state index contributed by atoms with van der Waals surface area (Å²) in [5.41, 5.74) is 1.63. The van der Waals surface area contributed by atoms with Gasteiger partial charge in [-0.3, -0.25) is 9.20 Å². The van der Waals surface area contributed by atoms with Crippen molar-refractivity contribution in [1.82, 2.24) is 24.2 Å². The van der Waals surface area contributed by atoms with Crippen molar-refractivity contribution in [3.05, 3.63) is 41.7 Å². The van der Waals surface area contributed by atoms with Gasteiger partial charge in [-0.1, -0.05) is 6.07 Å². The number of ether oxygens (including phenoxy) is 1. The van der Waals surface area contributed by atoms with E-state index in [1.807, 2.05) is 56.6 Å². The summed E-state index contributed by atoms with van der Waals surface area (Å²) in [7, 11) is 1.81. The highest BCUT2D eigenvalue weighted by Gasteiger charge is 2.31. The van der Waals surface area contributed by atoms with E-state index in [1.54, 1.807) is 21.4 Å². The summed E-state index contributed by atoms with van der Waals surface area (Å²) in [5, 5.41) is 2.56. The van der Waals surface area contributed by atoms with Crippen LogP contribution in [0.1, 0.15) is 44.1 Å². The number of nitrogens with zero attached hydrogens (tertiary/aromatic N) is 5. The third-order valence-corrected chi connectivity index (χ3v) is 6.21. The number of rotatable bonds is 3. The van der Waals surface area contributed by atoms with Crippen LogP contribution in [-0.4, -0.2) is 67.9 Å². The predicted octanol–water partition coefficient (Wildman–Crippen LogP) is 3.93. The van der Waals surface area contributed by atoms with Crippen molar-refractivity contribution in [2.45, 2.75) is 45.3 Å². The molecule has 1 aliphatic rings. The molecule has 8 nitrogen and oxygen atoms in total. The van der Waals surface area contributed by atoms with Gasteiger partial charge in [0.15, 0.2) is 0 Å². The normalized spacial score (nSPS) is 15.3. The van der Waals surface area contributed by atoms with Crippen LogP contribution in [0.2, 0.25) is 0 Å². The van der Waals surface area contributed by atoms with E-state index < -0.39 is 5.60 Å². The van der Waals surface area contributed by atoms with E-state index in [4.69, 9.17) is 4.74 Å². The zero-order chi connectivity index (χ0) is 22.2. The molecule has 4 rings (SSSR count). The maximum absolute atomic E-state index is 13.0. The largest absolute Gasteiger partial charge is 0.444 e. The lowest BCUT2D eigenvalue weighted by atomic mass is 10.0. The fourth-order valence-corrected chi connectivity index (χ4v) is 4.49. The van der Waals surface area contributed by atoms with Gasteiger partial charge in [-0.25, -0.2) is 14.8 Å². The van der Waals surface area contributed by atoms with Crippen LogP contribution in [-0.2, 0) is 4.74 Å². The molecule has 0 unspecified atom stereocenters. The van der Waals surface area contributed by atoms with Gasteiger partial charge >= 0.3 is 6.09 Å². The molecule has 164 valence electrons. The number of carbonyl (C=O) groups excluding carboxylic acids is 2. The molecule has 0 N–H and O–H groups in total.